The average molecular weight is 477 g/mol. The van der Waals surface area contributed by atoms with Gasteiger partial charge in [0.2, 0.25) is 5.91 Å². The third-order valence-corrected chi connectivity index (χ3v) is 6.40. The summed E-state index contributed by atoms with van der Waals surface area (Å²) in [7, 11) is 0. The maximum Gasteiger partial charge on any atom is 0.228 e. The minimum atomic E-state index is 0.0119. The maximum atomic E-state index is 11.5. The van der Waals surface area contributed by atoms with Crippen molar-refractivity contribution in [2.24, 2.45) is 0 Å². The highest BCUT2D eigenvalue weighted by molar-refractivity contribution is 14.1. The normalized spacial score (nSPS) is 14.8. The predicted molar refractivity (Wildman–Crippen MR) is 98.5 cm³/mol. The molecule has 2 aromatic rings. The van der Waals surface area contributed by atoms with Gasteiger partial charge in [-0.05, 0) is 57.8 Å². The SMILES string of the molecule is Cc1cccc(C(Br)c2cc3c(cc2Cl)NC(=O)C3)c1I. The fraction of sp³-hybridized carbons (Fsp3) is 0.188. The predicted octanol–water partition coefficient (Wildman–Crippen LogP) is 5.23. The first-order valence-corrected chi connectivity index (χ1v) is 8.86. The number of carbonyl (C=O) groups is 1. The number of fused-ring (bicyclic) bond motifs is 1. The third kappa shape index (κ3) is 2.85. The van der Waals surface area contributed by atoms with Crippen LogP contribution in [0.5, 0.6) is 0 Å². The summed E-state index contributed by atoms with van der Waals surface area (Å²) in [5, 5.41) is 3.49. The molecule has 1 heterocycles. The largest absolute Gasteiger partial charge is 0.325 e. The molecule has 5 heteroatoms. The first kappa shape index (κ1) is 15.3. The molecule has 0 bridgehead atoms. The lowest BCUT2D eigenvalue weighted by atomic mass is 10.00. The first-order chi connectivity index (χ1) is 9.97. The number of benzene rings is 2. The molecular formula is C16H12BrClINO. The number of amides is 1. The Hall–Kier alpha value is -0.590. The summed E-state index contributed by atoms with van der Waals surface area (Å²) in [5.41, 5.74) is 5.26. The van der Waals surface area contributed by atoms with Crippen LogP contribution in [0, 0.1) is 10.5 Å². The summed E-state index contributed by atoms with van der Waals surface area (Å²) in [5.74, 6) is 0.0227. The van der Waals surface area contributed by atoms with E-state index < -0.39 is 0 Å². The third-order valence-electron chi connectivity index (χ3n) is 3.62. The Labute approximate surface area is 150 Å². The number of rotatable bonds is 2. The van der Waals surface area contributed by atoms with Crippen molar-refractivity contribution in [2.45, 2.75) is 18.2 Å². The van der Waals surface area contributed by atoms with Crippen LogP contribution < -0.4 is 5.32 Å². The Morgan fingerprint density at radius 1 is 1.33 bits per heavy atom. The minimum absolute atomic E-state index is 0.0119. The van der Waals surface area contributed by atoms with Crippen molar-refractivity contribution in [3.8, 4) is 0 Å². The molecule has 3 rings (SSSR count). The molecule has 1 unspecified atom stereocenters. The molecule has 1 aliphatic rings. The summed E-state index contributed by atoms with van der Waals surface area (Å²) in [6, 6.07) is 10.1. The van der Waals surface area contributed by atoms with Crippen molar-refractivity contribution in [1.82, 2.24) is 0 Å². The number of aryl methyl sites for hydroxylation is 1. The molecule has 0 saturated carbocycles. The van der Waals surface area contributed by atoms with Crippen LogP contribution in [0.25, 0.3) is 0 Å². The van der Waals surface area contributed by atoms with Gasteiger partial charge >= 0.3 is 0 Å². The molecule has 0 aliphatic carbocycles. The second-order valence-corrected chi connectivity index (χ2v) is 7.50. The Morgan fingerprint density at radius 3 is 2.86 bits per heavy atom. The van der Waals surface area contributed by atoms with E-state index in [0.29, 0.717) is 11.4 Å². The molecule has 0 radical (unpaired) electrons. The topological polar surface area (TPSA) is 29.1 Å². The van der Waals surface area contributed by atoms with E-state index in [9.17, 15) is 4.79 Å². The molecule has 2 nitrogen and oxygen atoms in total. The molecular weight excluding hydrogens is 464 g/mol. The van der Waals surface area contributed by atoms with E-state index in [1.165, 1.54) is 14.7 Å². The quantitative estimate of drug-likeness (QED) is 0.467. The highest BCUT2D eigenvalue weighted by Crippen LogP contribution is 2.41. The summed E-state index contributed by atoms with van der Waals surface area (Å²) in [6.07, 6.45) is 0.421. The van der Waals surface area contributed by atoms with E-state index in [4.69, 9.17) is 11.6 Å². The fourth-order valence-electron chi connectivity index (χ4n) is 2.49. The number of carbonyl (C=O) groups excluding carboxylic acids is 1. The molecule has 1 aliphatic heterocycles. The lowest BCUT2D eigenvalue weighted by Crippen LogP contribution is -2.03. The van der Waals surface area contributed by atoms with Gasteiger partial charge in [0, 0.05) is 14.3 Å². The number of hydrogen-bond acceptors (Lipinski definition) is 1. The van der Waals surface area contributed by atoms with E-state index in [2.05, 4.69) is 62.9 Å². The van der Waals surface area contributed by atoms with Gasteiger partial charge in [-0.25, -0.2) is 0 Å². The maximum absolute atomic E-state index is 11.5. The molecule has 1 N–H and O–H groups in total. The van der Waals surface area contributed by atoms with Gasteiger partial charge in [0.15, 0.2) is 0 Å². The zero-order valence-electron chi connectivity index (χ0n) is 11.2. The first-order valence-electron chi connectivity index (χ1n) is 6.48. The molecule has 0 saturated heterocycles. The summed E-state index contributed by atoms with van der Waals surface area (Å²) >= 11 is 12.5. The molecule has 1 amide bonds. The van der Waals surface area contributed by atoms with Crippen LogP contribution in [-0.4, -0.2) is 5.91 Å². The van der Waals surface area contributed by atoms with Gasteiger partial charge in [-0.1, -0.05) is 51.8 Å². The smallest absolute Gasteiger partial charge is 0.228 e. The lowest BCUT2D eigenvalue weighted by molar-refractivity contribution is -0.115. The highest BCUT2D eigenvalue weighted by atomic mass is 127. The van der Waals surface area contributed by atoms with Crippen molar-refractivity contribution in [3.63, 3.8) is 0 Å². The fourth-order valence-corrected chi connectivity index (χ4v) is 4.76. The van der Waals surface area contributed by atoms with Crippen LogP contribution in [0.1, 0.15) is 27.1 Å². The Balaban J connectivity index is 2.06. The number of alkyl halides is 1. The molecule has 2 aromatic carbocycles. The zero-order chi connectivity index (χ0) is 15.1. The summed E-state index contributed by atoms with van der Waals surface area (Å²) in [4.78, 5) is 11.5. The monoisotopic (exact) mass is 475 g/mol. The molecule has 0 spiro atoms. The number of halogens is 3. The van der Waals surface area contributed by atoms with Crippen LogP contribution in [0.4, 0.5) is 5.69 Å². The van der Waals surface area contributed by atoms with E-state index in [1.54, 1.807) is 0 Å². The second-order valence-electron chi connectivity index (χ2n) is 5.10. The van der Waals surface area contributed by atoms with E-state index in [1.807, 2.05) is 18.2 Å². The van der Waals surface area contributed by atoms with Crippen molar-refractivity contribution in [3.05, 3.63) is 61.2 Å². The van der Waals surface area contributed by atoms with Crippen LogP contribution in [0.15, 0.2) is 30.3 Å². The number of hydrogen-bond donors (Lipinski definition) is 1. The highest BCUT2D eigenvalue weighted by Gasteiger charge is 2.23. The number of anilines is 1. The van der Waals surface area contributed by atoms with Gasteiger partial charge < -0.3 is 5.32 Å². The van der Waals surface area contributed by atoms with Crippen molar-refractivity contribution < 1.29 is 4.79 Å². The molecule has 108 valence electrons. The van der Waals surface area contributed by atoms with Crippen LogP contribution in [0.3, 0.4) is 0 Å². The molecule has 0 aromatic heterocycles. The second kappa shape index (κ2) is 5.89. The van der Waals surface area contributed by atoms with Crippen LogP contribution in [-0.2, 0) is 11.2 Å². The van der Waals surface area contributed by atoms with Gasteiger partial charge in [0.25, 0.3) is 0 Å². The Morgan fingerprint density at radius 2 is 2.10 bits per heavy atom. The molecule has 21 heavy (non-hydrogen) atoms. The van der Waals surface area contributed by atoms with Crippen LogP contribution in [0.2, 0.25) is 5.02 Å². The molecule has 0 fully saturated rings. The standard InChI is InChI=1S/C16H12BrClINO/c1-8-3-2-4-10(16(8)19)15(17)11-5-9-6-14(21)20-13(9)7-12(11)18/h2-5,7,15H,6H2,1H3,(H,20,21). The Bertz CT molecular complexity index is 747. The van der Waals surface area contributed by atoms with Crippen LogP contribution >= 0.6 is 50.1 Å². The minimum Gasteiger partial charge on any atom is -0.325 e. The van der Waals surface area contributed by atoms with Gasteiger partial charge in [-0.15, -0.1) is 0 Å². The lowest BCUT2D eigenvalue weighted by Gasteiger charge is -2.17. The van der Waals surface area contributed by atoms with E-state index >= 15 is 0 Å². The van der Waals surface area contributed by atoms with Crippen molar-refractivity contribution >= 4 is 61.7 Å². The zero-order valence-corrected chi connectivity index (χ0v) is 15.7. The van der Waals surface area contributed by atoms with Gasteiger partial charge in [-0.2, -0.15) is 0 Å². The van der Waals surface area contributed by atoms with Crippen molar-refractivity contribution in [2.75, 3.05) is 5.32 Å². The number of nitrogens with one attached hydrogen (secondary N) is 1. The summed E-state index contributed by atoms with van der Waals surface area (Å²) < 4.78 is 1.22. The van der Waals surface area contributed by atoms with E-state index in [0.717, 1.165) is 16.8 Å². The average Bonchev–Trinajstić information content (AvgIpc) is 2.79. The Kier molecular flexibility index (Phi) is 4.30. The molecule has 1 atom stereocenters. The van der Waals surface area contributed by atoms with Crippen molar-refractivity contribution in [1.29, 1.82) is 0 Å². The summed E-state index contributed by atoms with van der Waals surface area (Å²) in [6.45, 7) is 2.10. The van der Waals surface area contributed by atoms with Gasteiger partial charge in [-0.3, -0.25) is 4.79 Å². The van der Waals surface area contributed by atoms with Gasteiger partial charge in [0.1, 0.15) is 0 Å². The van der Waals surface area contributed by atoms with Gasteiger partial charge in [0.05, 0.1) is 11.2 Å². The van der Waals surface area contributed by atoms with E-state index in [-0.39, 0.29) is 10.7 Å².